The van der Waals surface area contributed by atoms with E-state index < -0.39 is 0 Å². The average molecular weight is 327 g/mol. The SMILES string of the molecule is [CH]1C(C2c3ccccc3C3CCCCC32)CCC2c3ccccc3C12. The fourth-order valence-corrected chi connectivity index (χ4v) is 6.98. The molecule has 0 saturated heterocycles. The van der Waals surface area contributed by atoms with E-state index in [1.807, 2.05) is 0 Å². The lowest BCUT2D eigenvalue weighted by Gasteiger charge is -2.48. The average Bonchev–Trinajstić information content (AvgIpc) is 3.00. The van der Waals surface area contributed by atoms with Crippen LogP contribution in [-0.2, 0) is 0 Å². The first-order chi connectivity index (χ1) is 12.4. The van der Waals surface area contributed by atoms with Gasteiger partial charge in [-0.2, -0.15) is 0 Å². The molecular weight excluding hydrogens is 300 g/mol. The Balaban J connectivity index is 1.34. The summed E-state index contributed by atoms with van der Waals surface area (Å²) in [6, 6.07) is 18.7. The zero-order chi connectivity index (χ0) is 16.4. The van der Waals surface area contributed by atoms with Crippen LogP contribution in [0.4, 0.5) is 0 Å². The normalized spacial score (nSPS) is 38.1. The van der Waals surface area contributed by atoms with Gasteiger partial charge in [-0.05, 0) is 89.9 Å². The predicted octanol–water partition coefficient (Wildman–Crippen LogP) is 6.55. The predicted molar refractivity (Wildman–Crippen MR) is 103 cm³/mol. The van der Waals surface area contributed by atoms with Gasteiger partial charge in [0.2, 0.25) is 0 Å². The second-order valence-corrected chi connectivity index (χ2v) is 8.90. The molecule has 6 unspecified atom stereocenters. The molecule has 2 fully saturated rings. The topological polar surface area (TPSA) is 0 Å². The maximum Gasteiger partial charge on any atom is -0.00560 e. The molecule has 2 aromatic rings. The van der Waals surface area contributed by atoms with Crippen molar-refractivity contribution in [2.75, 3.05) is 0 Å². The van der Waals surface area contributed by atoms with Crippen molar-refractivity contribution in [2.45, 2.75) is 62.2 Å². The largest absolute Gasteiger partial charge is 0.0620 e. The van der Waals surface area contributed by atoms with Crippen molar-refractivity contribution in [1.82, 2.24) is 0 Å². The molecule has 0 spiro atoms. The van der Waals surface area contributed by atoms with E-state index in [9.17, 15) is 0 Å². The minimum atomic E-state index is 0.741. The summed E-state index contributed by atoms with van der Waals surface area (Å²) in [5.41, 5.74) is 6.70. The molecule has 25 heavy (non-hydrogen) atoms. The monoisotopic (exact) mass is 327 g/mol. The Morgan fingerprint density at radius 1 is 0.600 bits per heavy atom. The highest BCUT2D eigenvalue weighted by molar-refractivity contribution is 5.49. The van der Waals surface area contributed by atoms with Crippen LogP contribution in [0.5, 0.6) is 0 Å². The molecule has 0 aromatic heterocycles. The Bertz CT molecular complexity index is 803. The van der Waals surface area contributed by atoms with Gasteiger partial charge >= 0.3 is 0 Å². The van der Waals surface area contributed by atoms with E-state index in [4.69, 9.17) is 0 Å². The van der Waals surface area contributed by atoms with Gasteiger partial charge in [-0.1, -0.05) is 61.4 Å². The lowest BCUT2D eigenvalue weighted by atomic mass is 9.56. The van der Waals surface area contributed by atoms with Crippen molar-refractivity contribution in [1.29, 1.82) is 0 Å². The molecular formula is C25H27. The highest BCUT2D eigenvalue weighted by atomic mass is 14.5. The molecule has 0 N–H and O–H groups in total. The fourth-order valence-electron chi connectivity index (χ4n) is 6.98. The highest BCUT2D eigenvalue weighted by Crippen LogP contribution is 2.62. The summed E-state index contributed by atoms with van der Waals surface area (Å²) in [6.07, 6.45) is 11.4. The van der Waals surface area contributed by atoms with Crippen molar-refractivity contribution < 1.29 is 0 Å². The molecule has 6 atom stereocenters. The minimum Gasteiger partial charge on any atom is -0.0620 e. The molecule has 2 aromatic carbocycles. The van der Waals surface area contributed by atoms with E-state index >= 15 is 0 Å². The number of hydrogen-bond acceptors (Lipinski definition) is 0. The molecule has 0 heterocycles. The van der Waals surface area contributed by atoms with Crippen LogP contribution >= 0.6 is 0 Å². The van der Waals surface area contributed by atoms with E-state index in [2.05, 4.69) is 55.0 Å². The van der Waals surface area contributed by atoms with Gasteiger partial charge in [0, 0.05) is 0 Å². The van der Waals surface area contributed by atoms with Gasteiger partial charge < -0.3 is 0 Å². The van der Waals surface area contributed by atoms with Crippen LogP contribution in [0, 0.1) is 18.3 Å². The van der Waals surface area contributed by atoms with Crippen molar-refractivity contribution >= 4 is 0 Å². The standard InChI is InChI=1S/C25H27/c1-2-10-20-17(7-1)21-14-13-16(15-24(20)21)25-22-11-5-3-8-18(22)19-9-4-6-12-23(19)25/h1-3,5,7-8,10-11,15-16,19,21,23-25H,4,6,9,12-14H2. The van der Waals surface area contributed by atoms with E-state index in [1.165, 1.54) is 38.5 Å². The maximum absolute atomic E-state index is 2.79. The molecule has 0 aliphatic heterocycles. The van der Waals surface area contributed by atoms with E-state index in [-0.39, 0.29) is 0 Å². The zero-order valence-corrected chi connectivity index (χ0v) is 14.9. The first kappa shape index (κ1) is 14.6. The molecule has 0 heteroatoms. The number of hydrogen-bond donors (Lipinski definition) is 0. The third-order valence-corrected chi connectivity index (χ3v) is 7.95. The second kappa shape index (κ2) is 5.47. The molecule has 0 nitrogen and oxygen atoms in total. The summed E-state index contributed by atoms with van der Waals surface area (Å²) in [4.78, 5) is 0. The van der Waals surface area contributed by atoms with Gasteiger partial charge in [0.15, 0.2) is 0 Å². The Labute approximate surface area is 151 Å². The summed E-state index contributed by atoms with van der Waals surface area (Å²) >= 11 is 0. The second-order valence-electron chi connectivity index (χ2n) is 8.90. The molecule has 0 amide bonds. The van der Waals surface area contributed by atoms with E-state index in [1.54, 1.807) is 22.3 Å². The van der Waals surface area contributed by atoms with Gasteiger partial charge in [0.05, 0.1) is 0 Å². The Kier molecular flexibility index (Phi) is 3.19. The van der Waals surface area contributed by atoms with Crippen LogP contribution in [0.15, 0.2) is 48.5 Å². The molecule has 4 aliphatic rings. The summed E-state index contributed by atoms with van der Waals surface area (Å²) in [5.74, 6) is 4.93. The van der Waals surface area contributed by atoms with Crippen molar-refractivity contribution in [3.8, 4) is 0 Å². The van der Waals surface area contributed by atoms with Crippen molar-refractivity contribution in [3.63, 3.8) is 0 Å². The maximum atomic E-state index is 2.79. The lowest BCUT2D eigenvalue weighted by molar-refractivity contribution is 0.213. The van der Waals surface area contributed by atoms with Crippen molar-refractivity contribution in [2.24, 2.45) is 11.8 Å². The lowest BCUT2D eigenvalue weighted by Crippen LogP contribution is -2.35. The van der Waals surface area contributed by atoms with E-state index in [0.29, 0.717) is 0 Å². The summed E-state index contributed by atoms with van der Waals surface area (Å²) in [6.45, 7) is 0. The Morgan fingerprint density at radius 2 is 1.28 bits per heavy atom. The number of benzene rings is 2. The molecule has 127 valence electrons. The molecule has 4 aliphatic carbocycles. The minimum absolute atomic E-state index is 0.741. The van der Waals surface area contributed by atoms with Gasteiger partial charge in [0.25, 0.3) is 0 Å². The molecule has 6 rings (SSSR count). The summed E-state index contributed by atoms with van der Waals surface area (Å²) in [7, 11) is 0. The number of fused-ring (bicyclic) bond motifs is 7. The zero-order valence-electron chi connectivity index (χ0n) is 14.9. The molecule has 2 saturated carbocycles. The molecule has 0 bridgehead atoms. The quantitative estimate of drug-likeness (QED) is 0.557. The molecule has 1 radical (unpaired) electrons. The fraction of sp³-hybridized carbons (Fsp3) is 0.480. The highest BCUT2D eigenvalue weighted by Gasteiger charge is 2.49. The Morgan fingerprint density at radius 3 is 2.12 bits per heavy atom. The van der Waals surface area contributed by atoms with Crippen LogP contribution < -0.4 is 0 Å². The van der Waals surface area contributed by atoms with Crippen LogP contribution in [0.2, 0.25) is 0 Å². The van der Waals surface area contributed by atoms with Crippen LogP contribution in [0.3, 0.4) is 0 Å². The third-order valence-electron chi connectivity index (χ3n) is 7.95. The Hall–Kier alpha value is -1.56. The summed E-state index contributed by atoms with van der Waals surface area (Å²) < 4.78 is 0. The van der Waals surface area contributed by atoms with Crippen LogP contribution in [0.25, 0.3) is 0 Å². The van der Waals surface area contributed by atoms with Gasteiger partial charge in [-0.3, -0.25) is 0 Å². The van der Waals surface area contributed by atoms with Crippen molar-refractivity contribution in [3.05, 3.63) is 77.2 Å². The van der Waals surface area contributed by atoms with Gasteiger partial charge in [0.1, 0.15) is 0 Å². The van der Waals surface area contributed by atoms with Crippen LogP contribution in [0.1, 0.15) is 84.5 Å². The first-order valence-electron chi connectivity index (χ1n) is 10.4. The van der Waals surface area contributed by atoms with Gasteiger partial charge in [-0.15, -0.1) is 0 Å². The third kappa shape index (κ3) is 2.00. The first-order valence-corrected chi connectivity index (χ1v) is 10.4. The smallest absolute Gasteiger partial charge is 0.00560 e. The van der Waals surface area contributed by atoms with Crippen LogP contribution in [-0.4, -0.2) is 0 Å². The number of rotatable bonds is 1. The summed E-state index contributed by atoms with van der Waals surface area (Å²) in [5, 5.41) is 0. The van der Waals surface area contributed by atoms with E-state index in [0.717, 1.165) is 35.5 Å². The van der Waals surface area contributed by atoms with Gasteiger partial charge in [-0.25, -0.2) is 0 Å².